The molecular formula is C21H28N2O3S. The number of nitrogens with zero attached hydrogens (tertiary/aromatic N) is 2. The smallest absolute Gasteiger partial charge is 0.317 e. The molecule has 0 saturated carbocycles. The fourth-order valence-corrected chi connectivity index (χ4v) is 4.92. The van der Waals surface area contributed by atoms with Gasteiger partial charge < -0.3 is 10.0 Å². The van der Waals surface area contributed by atoms with Crippen LogP contribution in [0.15, 0.2) is 29.6 Å². The molecule has 1 fully saturated rings. The Bertz CT molecular complexity index is 789. The number of fused-ring (bicyclic) bond motifs is 1. The number of hydrogen-bond donors (Lipinski definition) is 1. The molecule has 3 rings (SSSR count). The molecule has 0 unspecified atom stereocenters. The summed E-state index contributed by atoms with van der Waals surface area (Å²) in [4.78, 5) is 27.4. The minimum atomic E-state index is -0.796. The van der Waals surface area contributed by atoms with Crippen molar-refractivity contribution in [2.75, 3.05) is 26.7 Å². The van der Waals surface area contributed by atoms with Gasteiger partial charge >= 0.3 is 5.97 Å². The van der Waals surface area contributed by atoms with Crippen LogP contribution in [0.25, 0.3) is 10.1 Å². The minimum absolute atomic E-state index is 0.0627. The van der Waals surface area contributed by atoms with E-state index in [-0.39, 0.29) is 18.5 Å². The van der Waals surface area contributed by atoms with Gasteiger partial charge in [0.05, 0.1) is 6.54 Å². The van der Waals surface area contributed by atoms with Crippen LogP contribution in [0.1, 0.15) is 37.7 Å². The molecule has 1 N–H and O–H groups in total. The first-order chi connectivity index (χ1) is 13.0. The number of carboxylic acid groups (broad SMARTS) is 1. The summed E-state index contributed by atoms with van der Waals surface area (Å²) in [5.74, 6) is -0.563. The molecule has 6 heteroatoms. The predicted octanol–water partition coefficient (Wildman–Crippen LogP) is 3.62. The number of likely N-dealkylation sites (tertiary alicyclic amines) is 1. The first-order valence-electron chi connectivity index (χ1n) is 9.69. The molecule has 27 heavy (non-hydrogen) atoms. The third-order valence-electron chi connectivity index (χ3n) is 5.46. The van der Waals surface area contributed by atoms with E-state index in [1.165, 1.54) is 15.6 Å². The Morgan fingerprint density at radius 2 is 2.07 bits per heavy atom. The summed E-state index contributed by atoms with van der Waals surface area (Å²) in [5.41, 5.74) is 1.34. The second-order valence-corrected chi connectivity index (χ2v) is 8.30. The van der Waals surface area contributed by atoms with Crippen LogP contribution in [0.2, 0.25) is 0 Å². The molecule has 2 heterocycles. The van der Waals surface area contributed by atoms with Gasteiger partial charge in [0.25, 0.3) is 0 Å². The largest absolute Gasteiger partial charge is 0.480 e. The van der Waals surface area contributed by atoms with Crippen molar-refractivity contribution in [3.8, 4) is 0 Å². The number of rotatable bonds is 7. The third-order valence-corrected chi connectivity index (χ3v) is 6.47. The Balaban J connectivity index is 1.46. The van der Waals surface area contributed by atoms with Crippen molar-refractivity contribution >= 4 is 33.3 Å². The molecule has 1 amide bonds. The van der Waals surface area contributed by atoms with E-state index in [1.807, 2.05) is 16.8 Å². The van der Waals surface area contributed by atoms with Crippen LogP contribution in [0.5, 0.6) is 0 Å². The Morgan fingerprint density at radius 1 is 1.26 bits per heavy atom. The molecular weight excluding hydrogens is 360 g/mol. The highest BCUT2D eigenvalue weighted by molar-refractivity contribution is 7.17. The van der Waals surface area contributed by atoms with Gasteiger partial charge in [0.1, 0.15) is 0 Å². The predicted molar refractivity (Wildman–Crippen MR) is 109 cm³/mol. The zero-order valence-electron chi connectivity index (χ0n) is 15.9. The molecule has 1 aromatic heterocycles. The number of aliphatic carboxylic acids is 1. The topological polar surface area (TPSA) is 60.9 Å². The molecule has 1 aliphatic rings. The number of likely N-dealkylation sites (N-methyl/N-ethyl adjacent to an activating group) is 1. The van der Waals surface area contributed by atoms with Crippen molar-refractivity contribution in [3.63, 3.8) is 0 Å². The first-order valence-corrected chi connectivity index (χ1v) is 10.6. The van der Waals surface area contributed by atoms with Gasteiger partial charge in [0.15, 0.2) is 0 Å². The van der Waals surface area contributed by atoms with Crippen molar-refractivity contribution in [1.29, 1.82) is 0 Å². The number of carbonyl (C=O) groups excluding carboxylic acids is 1. The SMILES string of the molecule is CN(CC(=O)O)[C@@H]1CCCN(C(=O)CCCc2csc3ccccc23)CC1. The van der Waals surface area contributed by atoms with E-state index in [2.05, 4.69) is 29.6 Å². The first kappa shape index (κ1) is 19.8. The lowest BCUT2D eigenvalue weighted by Gasteiger charge is -2.25. The standard InChI is InChI=1S/C21H28N2O3S/c1-22(14-21(25)26)17-7-5-12-23(13-11-17)20(24)10-4-6-16-15-27-19-9-3-2-8-18(16)19/h2-3,8-9,15,17H,4-7,10-14H2,1H3,(H,25,26)/t17-/m1/s1. The minimum Gasteiger partial charge on any atom is -0.480 e. The number of carboxylic acids is 1. The third kappa shape index (κ3) is 5.30. The van der Waals surface area contributed by atoms with Gasteiger partial charge in [0, 0.05) is 30.3 Å². The van der Waals surface area contributed by atoms with Crippen LogP contribution in [0, 0.1) is 0 Å². The summed E-state index contributed by atoms with van der Waals surface area (Å²) in [5, 5.41) is 12.5. The average Bonchev–Trinajstić information content (AvgIpc) is 2.88. The summed E-state index contributed by atoms with van der Waals surface area (Å²) >= 11 is 1.77. The van der Waals surface area contributed by atoms with Crippen molar-refractivity contribution in [1.82, 2.24) is 9.80 Å². The molecule has 1 aromatic carbocycles. The molecule has 1 atom stereocenters. The van der Waals surface area contributed by atoms with E-state index >= 15 is 0 Å². The molecule has 0 aliphatic carbocycles. The van der Waals surface area contributed by atoms with Gasteiger partial charge in [-0.1, -0.05) is 18.2 Å². The number of thiophene rings is 1. The zero-order valence-corrected chi connectivity index (χ0v) is 16.7. The molecule has 1 aliphatic heterocycles. The zero-order chi connectivity index (χ0) is 19.2. The maximum Gasteiger partial charge on any atom is 0.317 e. The van der Waals surface area contributed by atoms with Crippen molar-refractivity contribution in [2.24, 2.45) is 0 Å². The highest BCUT2D eigenvalue weighted by atomic mass is 32.1. The van der Waals surface area contributed by atoms with Crippen molar-refractivity contribution in [2.45, 2.75) is 44.6 Å². The van der Waals surface area contributed by atoms with Crippen LogP contribution >= 0.6 is 11.3 Å². The summed E-state index contributed by atoms with van der Waals surface area (Å²) in [6.45, 7) is 1.58. The summed E-state index contributed by atoms with van der Waals surface area (Å²) in [7, 11) is 1.86. The fourth-order valence-electron chi connectivity index (χ4n) is 3.93. The van der Waals surface area contributed by atoms with E-state index in [1.54, 1.807) is 11.3 Å². The van der Waals surface area contributed by atoms with Gasteiger partial charge in [0.2, 0.25) is 5.91 Å². The van der Waals surface area contributed by atoms with Crippen LogP contribution in [0.3, 0.4) is 0 Å². The summed E-state index contributed by atoms with van der Waals surface area (Å²) in [6, 6.07) is 8.68. The van der Waals surface area contributed by atoms with Gasteiger partial charge in [-0.15, -0.1) is 11.3 Å². The summed E-state index contributed by atoms with van der Waals surface area (Å²) in [6.07, 6.45) is 5.14. The van der Waals surface area contributed by atoms with Gasteiger partial charge in [-0.3, -0.25) is 14.5 Å². The molecule has 0 spiro atoms. The Hall–Kier alpha value is -1.92. The van der Waals surface area contributed by atoms with Crippen molar-refractivity contribution < 1.29 is 14.7 Å². The van der Waals surface area contributed by atoms with E-state index in [0.29, 0.717) is 6.42 Å². The van der Waals surface area contributed by atoms with Crippen LogP contribution < -0.4 is 0 Å². The molecule has 2 aromatic rings. The Morgan fingerprint density at radius 3 is 2.89 bits per heavy atom. The molecule has 5 nitrogen and oxygen atoms in total. The van der Waals surface area contributed by atoms with Crippen molar-refractivity contribution in [3.05, 3.63) is 35.2 Å². The lowest BCUT2D eigenvalue weighted by molar-refractivity contribution is -0.138. The number of amides is 1. The van der Waals surface area contributed by atoms with E-state index in [4.69, 9.17) is 5.11 Å². The lowest BCUT2D eigenvalue weighted by atomic mass is 10.1. The second kappa shape index (κ2) is 9.33. The Kier molecular flexibility index (Phi) is 6.85. The maximum atomic E-state index is 12.6. The number of hydrogen-bond acceptors (Lipinski definition) is 4. The van der Waals surface area contributed by atoms with Gasteiger partial charge in [-0.2, -0.15) is 0 Å². The van der Waals surface area contributed by atoms with E-state index in [0.717, 1.165) is 45.2 Å². The Labute approximate surface area is 164 Å². The number of benzene rings is 1. The number of aryl methyl sites for hydroxylation is 1. The average molecular weight is 389 g/mol. The van der Waals surface area contributed by atoms with E-state index in [9.17, 15) is 9.59 Å². The fraction of sp³-hybridized carbons (Fsp3) is 0.524. The van der Waals surface area contributed by atoms with Crippen LogP contribution in [-0.4, -0.2) is 59.5 Å². The second-order valence-electron chi connectivity index (χ2n) is 7.39. The molecule has 1 saturated heterocycles. The van der Waals surface area contributed by atoms with Gasteiger partial charge in [-0.05, 0) is 61.5 Å². The van der Waals surface area contributed by atoms with Crippen LogP contribution in [-0.2, 0) is 16.0 Å². The van der Waals surface area contributed by atoms with E-state index < -0.39 is 5.97 Å². The maximum absolute atomic E-state index is 12.6. The number of carbonyl (C=O) groups is 2. The quantitative estimate of drug-likeness (QED) is 0.787. The normalized spacial score (nSPS) is 18.0. The monoisotopic (exact) mass is 388 g/mol. The summed E-state index contributed by atoms with van der Waals surface area (Å²) < 4.78 is 1.31. The molecule has 0 radical (unpaired) electrons. The lowest BCUT2D eigenvalue weighted by Crippen LogP contribution is -2.37. The molecule has 0 bridgehead atoms. The van der Waals surface area contributed by atoms with Crippen LogP contribution in [0.4, 0.5) is 0 Å². The highest BCUT2D eigenvalue weighted by Crippen LogP contribution is 2.27. The highest BCUT2D eigenvalue weighted by Gasteiger charge is 2.23. The molecule has 146 valence electrons. The van der Waals surface area contributed by atoms with Gasteiger partial charge in [-0.25, -0.2) is 0 Å².